The summed E-state index contributed by atoms with van der Waals surface area (Å²) >= 11 is 0. The zero-order valence-electron chi connectivity index (χ0n) is 14.0. The molecule has 0 spiro atoms. The van der Waals surface area contributed by atoms with Crippen molar-refractivity contribution >= 4 is 18.0 Å². The van der Waals surface area contributed by atoms with E-state index in [1.165, 1.54) is 11.2 Å². The maximum atomic E-state index is 12.0. The third kappa shape index (κ3) is 3.29. The molecule has 2 atom stereocenters. The number of cyclic esters (lactones) is 1. The largest absolute Gasteiger partial charge is 0.447 e. The fourth-order valence-electron chi connectivity index (χ4n) is 2.65. The van der Waals surface area contributed by atoms with Gasteiger partial charge in [0.05, 0.1) is 12.1 Å². The number of ether oxygens (including phenoxy) is 1. The molecule has 1 saturated heterocycles. The molecule has 1 aromatic carbocycles. The lowest BCUT2D eigenvalue weighted by Crippen LogP contribution is -2.38. The Morgan fingerprint density at radius 2 is 1.96 bits per heavy atom. The van der Waals surface area contributed by atoms with Gasteiger partial charge in [-0.2, -0.15) is 4.98 Å². The van der Waals surface area contributed by atoms with Crippen LogP contribution in [0.4, 0.5) is 16.7 Å². The van der Waals surface area contributed by atoms with Crippen LogP contribution in [0.5, 0.6) is 0 Å². The lowest BCUT2D eigenvalue weighted by atomic mass is 10.1. The average Bonchev–Trinajstić information content (AvgIpc) is 2.98. The highest BCUT2D eigenvalue weighted by Gasteiger charge is 2.38. The van der Waals surface area contributed by atoms with E-state index in [0.717, 1.165) is 5.56 Å². The molecule has 126 valence electrons. The van der Waals surface area contributed by atoms with Crippen molar-refractivity contribution in [1.29, 1.82) is 0 Å². The summed E-state index contributed by atoms with van der Waals surface area (Å²) in [5.74, 6) is 0.986. The fourth-order valence-corrected chi connectivity index (χ4v) is 2.65. The van der Waals surface area contributed by atoms with Gasteiger partial charge in [-0.15, -0.1) is 0 Å². The molecule has 1 amide bonds. The number of aromatic nitrogens is 3. The van der Waals surface area contributed by atoms with Gasteiger partial charge in [-0.25, -0.2) is 19.7 Å². The van der Waals surface area contributed by atoms with Gasteiger partial charge in [0.25, 0.3) is 0 Å². The number of nitrogens with one attached hydrogen (secondary N) is 1. The van der Waals surface area contributed by atoms with Gasteiger partial charge >= 0.3 is 6.09 Å². The van der Waals surface area contributed by atoms with Crippen molar-refractivity contribution in [2.45, 2.75) is 32.9 Å². The molecule has 1 unspecified atom stereocenters. The van der Waals surface area contributed by atoms with Crippen LogP contribution in [0, 0.1) is 5.92 Å². The summed E-state index contributed by atoms with van der Waals surface area (Å²) in [5, 5.41) is 3.24. The predicted octanol–water partition coefficient (Wildman–Crippen LogP) is 3.03. The Hall–Kier alpha value is -2.70. The molecule has 0 aliphatic carbocycles. The SMILES string of the molecule is CC(C)C1COC(=O)N1c1ncnc(N[C@@H](C)c2ccccc2)n1. The van der Waals surface area contributed by atoms with Crippen LogP contribution in [0.15, 0.2) is 36.7 Å². The first-order valence-electron chi connectivity index (χ1n) is 8.02. The molecule has 1 N–H and O–H groups in total. The van der Waals surface area contributed by atoms with Gasteiger partial charge in [0, 0.05) is 0 Å². The average molecular weight is 327 g/mol. The highest BCUT2D eigenvalue weighted by atomic mass is 16.6. The van der Waals surface area contributed by atoms with E-state index in [0.29, 0.717) is 18.5 Å². The minimum absolute atomic E-state index is 0.0351. The Balaban J connectivity index is 1.80. The Morgan fingerprint density at radius 1 is 1.21 bits per heavy atom. The topological polar surface area (TPSA) is 80.2 Å². The van der Waals surface area contributed by atoms with Gasteiger partial charge in [-0.1, -0.05) is 44.2 Å². The maximum absolute atomic E-state index is 12.0. The number of nitrogens with zero attached hydrogens (tertiary/aromatic N) is 4. The van der Waals surface area contributed by atoms with Crippen molar-refractivity contribution in [2.75, 3.05) is 16.8 Å². The van der Waals surface area contributed by atoms with Crippen molar-refractivity contribution in [1.82, 2.24) is 15.0 Å². The van der Waals surface area contributed by atoms with Gasteiger partial charge in [-0.05, 0) is 18.4 Å². The van der Waals surface area contributed by atoms with E-state index in [1.807, 2.05) is 51.1 Å². The Kier molecular flexibility index (Phi) is 4.59. The monoisotopic (exact) mass is 327 g/mol. The summed E-state index contributed by atoms with van der Waals surface area (Å²) in [6, 6.07) is 9.98. The summed E-state index contributed by atoms with van der Waals surface area (Å²) in [6.07, 6.45) is 0.993. The third-order valence-electron chi connectivity index (χ3n) is 4.10. The first-order valence-corrected chi connectivity index (χ1v) is 8.02. The summed E-state index contributed by atoms with van der Waals surface area (Å²) in [7, 11) is 0. The first kappa shape index (κ1) is 16.2. The molecule has 7 nitrogen and oxygen atoms in total. The molecule has 2 heterocycles. The second-order valence-electron chi connectivity index (χ2n) is 6.14. The summed E-state index contributed by atoms with van der Waals surface area (Å²) in [5.41, 5.74) is 1.13. The van der Waals surface area contributed by atoms with Crippen molar-refractivity contribution < 1.29 is 9.53 Å². The highest BCUT2D eigenvalue weighted by Crippen LogP contribution is 2.25. The van der Waals surface area contributed by atoms with E-state index in [2.05, 4.69) is 20.3 Å². The molecular formula is C17H21N5O2. The molecule has 24 heavy (non-hydrogen) atoms. The Labute approximate surface area is 141 Å². The van der Waals surface area contributed by atoms with Crippen molar-refractivity contribution in [3.8, 4) is 0 Å². The molecule has 1 fully saturated rings. The lowest BCUT2D eigenvalue weighted by Gasteiger charge is -2.22. The summed E-state index contributed by atoms with van der Waals surface area (Å²) in [6.45, 7) is 6.46. The molecule has 0 bridgehead atoms. The molecular weight excluding hydrogens is 306 g/mol. The first-order chi connectivity index (χ1) is 11.6. The van der Waals surface area contributed by atoms with E-state index in [-0.39, 0.29) is 18.0 Å². The zero-order chi connectivity index (χ0) is 17.1. The van der Waals surface area contributed by atoms with Crippen LogP contribution >= 0.6 is 0 Å². The molecule has 1 aliphatic rings. The number of hydrogen-bond donors (Lipinski definition) is 1. The summed E-state index contributed by atoms with van der Waals surface area (Å²) in [4.78, 5) is 26.2. The highest BCUT2D eigenvalue weighted by molar-refractivity contribution is 5.88. The standard InChI is InChI=1S/C17H21N5O2/c1-11(2)14-9-24-17(23)22(14)16-19-10-18-15(21-16)20-12(3)13-7-5-4-6-8-13/h4-8,10-12,14H,9H2,1-3H3,(H,18,19,20,21)/t12-,14?/m0/s1. The van der Waals surface area contributed by atoms with Crippen molar-refractivity contribution in [2.24, 2.45) is 5.92 Å². The third-order valence-corrected chi connectivity index (χ3v) is 4.10. The molecule has 3 rings (SSSR count). The van der Waals surface area contributed by atoms with Crippen molar-refractivity contribution in [3.63, 3.8) is 0 Å². The minimum Gasteiger partial charge on any atom is -0.447 e. The second-order valence-corrected chi connectivity index (χ2v) is 6.14. The number of benzene rings is 1. The second kappa shape index (κ2) is 6.82. The smallest absolute Gasteiger partial charge is 0.417 e. The van der Waals surface area contributed by atoms with Gasteiger partial charge in [0.2, 0.25) is 11.9 Å². The summed E-state index contributed by atoms with van der Waals surface area (Å²) < 4.78 is 5.15. The van der Waals surface area contributed by atoms with Crippen LogP contribution in [0.3, 0.4) is 0 Å². The molecule has 2 aromatic rings. The van der Waals surface area contributed by atoms with Gasteiger partial charge in [0.15, 0.2) is 0 Å². The number of anilines is 2. The quantitative estimate of drug-likeness (QED) is 0.909. The van der Waals surface area contributed by atoms with Gasteiger partial charge in [-0.3, -0.25) is 0 Å². The minimum atomic E-state index is -0.415. The van der Waals surface area contributed by atoms with Crippen LogP contribution in [0.25, 0.3) is 0 Å². The van der Waals surface area contributed by atoms with E-state index >= 15 is 0 Å². The maximum Gasteiger partial charge on any atom is 0.417 e. The molecule has 7 heteroatoms. The van der Waals surface area contributed by atoms with Crippen LogP contribution in [0.1, 0.15) is 32.4 Å². The van der Waals surface area contributed by atoms with Crippen molar-refractivity contribution in [3.05, 3.63) is 42.2 Å². The number of carbonyl (C=O) groups is 1. The molecule has 0 saturated carbocycles. The predicted molar refractivity (Wildman–Crippen MR) is 90.8 cm³/mol. The lowest BCUT2D eigenvalue weighted by molar-refractivity contribution is 0.177. The van der Waals surface area contributed by atoms with Gasteiger partial charge < -0.3 is 10.1 Å². The van der Waals surface area contributed by atoms with E-state index in [4.69, 9.17) is 4.74 Å². The number of hydrogen-bond acceptors (Lipinski definition) is 6. The molecule has 1 aliphatic heterocycles. The van der Waals surface area contributed by atoms with Crippen LogP contribution in [0.2, 0.25) is 0 Å². The fraction of sp³-hybridized carbons (Fsp3) is 0.412. The zero-order valence-corrected chi connectivity index (χ0v) is 14.0. The normalized spacial score (nSPS) is 18.6. The number of rotatable bonds is 5. The van der Waals surface area contributed by atoms with E-state index in [9.17, 15) is 4.79 Å². The number of amides is 1. The molecule has 0 radical (unpaired) electrons. The molecule has 1 aromatic heterocycles. The Morgan fingerprint density at radius 3 is 2.67 bits per heavy atom. The van der Waals surface area contributed by atoms with Gasteiger partial charge in [0.1, 0.15) is 12.9 Å². The van der Waals surface area contributed by atoms with Crippen LogP contribution < -0.4 is 10.2 Å². The Bertz CT molecular complexity index is 707. The van der Waals surface area contributed by atoms with Crippen LogP contribution in [-0.2, 0) is 4.74 Å². The number of carbonyl (C=O) groups excluding carboxylic acids is 1. The van der Waals surface area contributed by atoms with E-state index < -0.39 is 6.09 Å². The van der Waals surface area contributed by atoms with Crippen LogP contribution in [-0.4, -0.2) is 33.7 Å². The van der Waals surface area contributed by atoms with E-state index in [1.54, 1.807) is 0 Å².